The Labute approximate surface area is 131 Å². The molecule has 1 aromatic carbocycles. The van der Waals surface area contributed by atoms with Gasteiger partial charge in [0.15, 0.2) is 0 Å². The van der Waals surface area contributed by atoms with Crippen molar-refractivity contribution in [1.82, 2.24) is 9.97 Å². The third-order valence-electron chi connectivity index (χ3n) is 3.19. The molecule has 21 heavy (non-hydrogen) atoms. The molecule has 104 valence electrons. The fourth-order valence-electron chi connectivity index (χ4n) is 2.07. The molecule has 0 spiro atoms. The second-order valence-electron chi connectivity index (χ2n) is 4.52. The highest BCUT2D eigenvalue weighted by Gasteiger charge is 2.09. The van der Waals surface area contributed by atoms with Crippen molar-refractivity contribution in [2.75, 3.05) is 0 Å². The smallest absolute Gasteiger partial charge is 0.128 e. The molecule has 0 fully saturated rings. The van der Waals surface area contributed by atoms with Crippen molar-refractivity contribution in [1.29, 1.82) is 5.26 Å². The lowest BCUT2D eigenvalue weighted by Crippen LogP contribution is -1.88. The number of hydrogen-bond acceptors (Lipinski definition) is 5. The van der Waals surface area contributed by atoms with E-state index in [1.165, 1.54) is 4.88 Å². The van der Waals surface area contributed by atoms with E-state index in [1.54, 1.807) is 29.4 Å². The van der Waals surface area contributed by atoms with Crippen molar-refractivity contribution in [2.45, 2.75) is 24.1 Å². The summed E-state index contributed by atoms with van der Waals surface area (Å²) in [5.74, 6) is 0.743. The predicted molar refractivity (Wildman–Crippen MR) is 87.5 cm³/mol. The highest BCUT2D eigenvalue weighted by molar-refractivity contribution is 7.98. The van der Waals surface area contributed by atoms with Crippen LogP contribution in [0.5, 0.6) is 0 Å². The van der Waals surface area contributed by atoms with Gasteiger partial charge in [0, 0.05) is 16.0 Å². The molecule has 0 aliphatic heterocycles. The van der Waals surface area contributed by atoms with Crippen LogP contribution in [0.3, 0.4) is 0 Å². The van der Waals surface area contributed by atoms with Crippen LogP contribution in [0.4, 0.5) is 0 Å². The van der Waals surface area contributed by atoms with Gasteiger partial charge < -0.3 is 0 Å². The van der Waals surface area contributed by atoms with Crippen molar-refractivity contribution < 1.29 is 0 Å². The minimum atomic E-state index is 0.731. The minimum Gasteiger partial charge on any atom is -0.229 e. The molecular formula is C16H13N3S2. The minimum absolute atomic E-state index is 0.731. The first-order chi connectivity index (χ1) is 10.3. The Hall–Kier alpha value is -1.90. The zero-order chi connectivity index (χ0) is 14.7. The van der Waals surface area contributed by atoms with Gasteiger partial charge in [-0.1, -0.05) is 25.1 Å². The zero-order valence-electron chi connectivity index (χ0n) is 11.5. The van der Waals surface area contributed by atoms with Gasteiger partial charge in [0.25, 0.3) is 0 Å². The van der Waals surface area contributed by atoms with E-state index >= 15 is 0 Å². The number of nitriles is 1. The van der Waals surface area contributed by atoms with E-state index in [2.05, 4.69) is 29.0 Å². The molecule has 0 radical (unpaired) electrons. The monoisotopic (exact) mass is 311 g/mol. The van der Waals surface area contributed by atoms with E-state index in [1.807, 2.05) is 24.3 Å². The van der Waals surface area contributed by atoms with E-state index in [4.69, 9.17) is 5.26 Å². The summed E-state index contributed by atoms with van der Waals surface area (Å²) in [5, 5.41) is 11.3. The second-order valence-corrected chi connectivity index (χ2v) is 6.60. The summed E-state index contributed by atoms with van der Waals surface area (Å²) in [6, 6.07) is 12.1. The summed E-state index contributed by atoms with van der Waals surface area (Å²) in [5.41, 5.74) is 1.78. The van der Waals surface area contributed by atoms with E-state index in [-0.39, 0.29) is 0 Å². The maximum atomic E-state index is 9.14. The summed E-state index contributed by atoms with van der Waals surface area (Å²) < 4.78 is 0. The number of rotatable bonds is 4. The van der Waals surface area contributed by atoms with Crippen molar-refractivity contribution in [3.63, 3.8) is 0 Å². The number of fused-ring (bicyclic) bond motifs is 1. The van der Waals surface area contributed by atoms with E-state index < -0.39 is 0 Å². The first-order valence-electron chi connectivity index (χ1n) is 6.66. The normalized spacial score (nSPS) is 10.7. The Morgan fingerprint density at radius 1 is 1.29 bits per heavy atom. The maximum Gasteiger partial charge on any atom is 0.128 e. The van der Waals surface area contributed by atoms with Gasteiger partial charge in [-0.2, -0.15) is 5.26 Å². The fourth-order valence-corrected chi connectivity index (χ4v) is 4.05. The molecule has 3 rings (SSSR count). The SMILES string of the molecule is CCc1cc2c(SCc3ccccc3C#N)ncnc2s1. The third kappa shape index (κ3) is 2.92. The number of nitrogens with zero attached hydrogens (tertiary/aromatic N) is 3. The molecule has 0 amide bonds. The molecule has 5 heteroatoms. The number of thiophene rings is 1. The zero-order valence-corrected chi connectivity index (χ0v) is 13.2. The van der Waals surface area contributed by atoms with Gasteiger partial charge in [0.1, 0.15) is 16.2 Å². The van der Waals surface area contributed by atoms with Gasteiger partial charge in [-0.05, 0) is 24.1 Å². The summed E-state index contributed by atoms with van der Waals surface area (Å²) in [4.78, 5) is 11.1. The number of benzene rings is 1. The van der Waals surface area contributed by atoms with Gasteiger partial charge in [0.2, 0.25) is 0 Å². The molecule has 2 aromatic heterocycles. The summed E-state index contributed by atoms with van der Waals surface area (Å²) in [6.07, 6.45) is 2.64. The predicted octanol–water partition coefficient (Wildman–Crippen LogP) is 4.42. The molecule has 3 nitrogen and oxygen atoms in total. The molecule has 0 aliphatic carbocycles. The van der Waals surface area contributed by atoms with E-state index in [0.717, 1.165) is 38.5 Å². The molecule has 0 atom stereocenters. The molecule has 0 saturated heterocycles. The molecule has 0 bridgehead atoms. The van der Waals surface area contributed by atoms with Crippen LogP contribution in [0.1, 0.15) is 22.9 Å². The van der Waals surface area contributed by atoms with Crippen molar-refractivity contribution >= 4 is 33.3 Å². The van der Waals surface area contributed by atoms with Crippen LogP contribution in [-0.2, 0) is 12.2 Å². The Balaban J connectivity index is 1.88. The fraction of sp³-hybridized carbons (Fsp3) is 0.188. The highest BCUT2D eigenvalue weighted by Crippen LogP contribution is 2.32. The van der Waals surface area contributed by atoms with Crippen LogP contribution in [0.25, 0.3) is 10.2 Å². The van der Waals surface area contributed by atoms with Crippen molar-refractivity contribution in [3.8, 4) is 6.07 Å². The van der Waals surface area contributed by atoms with Gasteiger partial charge in [0.05, 0.1) is 11.6 Å². The maximum absolute atomic E-state index is 9.14. The van der Waals surface area contributed by atoms with Crippen LogP contribution < -0.4 is 0 Å². The van der Waals surface area contributed by atoms with Crippen LogP contribution in [0.2, 0.25) is 0 Å². The number of aryl methyl sites for hydroxylation is 1. The van der Waals surface area contributed by atoms with Crippen LogP contribution in [-0.4, -0.2) is 9.97 Å². The summed E-state index contributed by atoms with van der Waals surface area (Å²) in [6.45, 7) is 2.15. The summed E-state index contributed by atoms with van der Waals surface area (Å²) >= 11 is 3.38. The average molecular weight is 311 g/mol. The van der Waals surface area contributed by atoms with E-state index in [0.29, 0.717) is 0 Å². The quantitative estimate of drug-likeness (QED) is 0.529. The standard InChI is InChI=1S/C16H13N3S2/c1-2-13-7-14-15(18-10-19-16(14)21-13)20-9-12-6-4-3-5-11(12)8-17/h3-7,10H,2,9H2,1H3. The Morgan fingerprint density at radius 3 is 2.95 bits per heavy atom. The van der Waals surface area contributed by atoms with Gasteiger partial charge in [-0.3, -0.25) is 0 Å². The lowest BCUT2D eigenvalue weighted by molar-refractivity contribution is 1.10. The van der Waals surface area contributed by atoms with Crippen molar-refractivity contribution in [2.24, 2.45) is 0 Å². The number of thioether (sulfide) groups is 1. The van der Waals surface area contributed by atoms with Crippen LogP contribution in [0, 0.1) is 11.3 Å². The molecule has 2 heterocycles. The lowest BCUT2D eigenvalue weighted by atomic mass is 10.1. The molecule has 0 N–H and O–H groups in total. The van der Waals surface area contributed by atoms with Gasteiger partial charge >= 0.3 is 0 Å². The van der Waals surface area contributed by atoms with Gasteiger partial charge in [-0.25, -0.2) is 9.97 Å². The first kappa shape index (κ1) is 14.1. The lowest BCUT2D eigenvalue weighted by Gasteiger charge is -2.04. The molecule has 0 saturated carbocycles. The molecule has 3 aromatic rings. The Morgan fingerprint density at radius 2 is 2.14 bits per heavy atom. The average Bonchev–Trinajstić information content (AvgIpc) is 2.97. The third-order valence-corrected chi connectivity index (χ3v) is 5.44. The van der Waals surface area contributed by atoms with Crippen molar-refractivity contribution in [3.05, 3.63) is 52.7 Å². The topological polar surface area (TPSA) is 49.6 Å². The molecular weight excluding hydrogens is 298 g/mol. The highest BCUT2D eigenvalue weighted by atomic mass is 32.2. The second kappa shape index (κ2) is 6.25. The van der Waals surface area contributed by atoms with E-state index in [9.17, 15) is 0 Å². The number of aromatic nitrogens is 2. The first-order valence-corrected chi connectivity index (χ1v) is 8.46. The Bertz CT molecular complexity index is 818. The molecule has 0 aliphatic rings. The molecule has 0 unspecified atom stereocenters. The van der Waals surface area contributed by atoms with Crippen LogP contribution >= 0.6 is 23.1 Å². The Kier molecular flexibility index (Phi) is 4.18. The van der Waals surface area contributed by atoms with Gasteiger partial charge in [-0.15, -0.1) is 23.1 Å². The largest absolute Gasteiger partial charge is 0.229 e. The van der Waals surface area contributed by atoms with Crippen LogP contribution in [0.15, 0.2) is 41.7 Å². The summed E-state index contributed by atoms with van der Waals surface area (Å²) in [7, 11) is 0. The number of hydrogen-bond donors (Lipinski definition) is 0.